The molecule has 3 rings (SSSR count). The molecule has 0 saturated carbocycles. The first kappa shape index (κ1) is 20.8. The van der Waals surface area contributed by atoms with Crippen molar-refractivity contribution in [3.63, 3.8) is 0 Å². The van der Waals surface area contributed by atoms with E-state index in [-0.39, 0.29) is 23.3 Å². The average Bonchev–Trinajstić information content (AvgIpc) is 2.65. The fourth-order valence-electron chi connectivity index (χ4n) is 3.67. The molecule has 0 spiro atoms. The Bertz CT molecular complexity index is 1080. The van der Waals surface area contributed by atoms with Crippen LogP contribution in [0, 0.1) is 13.8 Å². The van der Waals surface area contributed by atoms with Crippen LogP contribution in [0.15, 0.2) is 41.2 Å². The van der Waals surface area contributed by atoms with E-state index in [4.69, 9.17) is 0 Å². The Morgan fingerprint density at radius 3 is 2.31 bits per heavy atom. The second-order valence-corrected chi connectivity index (χ2v) is 8.66. The first-order valence-electron chi connectivity index (χ1n) is 10.0. The van der Waals surface area contributed by atoms with Crippen LogP contribution in [0.3, 0.4) is 0 Å². The van der Waals surface area contributed by atoms with Crippen LogP contribution in [-0.2, 0) is 23.1 Å². The van der Waals surface area contributed by atoms with E-state index in [2.05, 4.69) is 62.3 Å². The van der Waals surface area contributed by atoms with Gasteiger partial charge in [0.2, 0.25) is 5.91 Å². The van der Waals surface area contributed by atoms with Gasteiger partial charge in [0.15, 0.2) is 0 Å². The molecule has 0 atom stereocenters. The van der Waals surface area contributed by atoms with Crippen LogP contribution in [-0.4, -0.2) is 22.6 Å². The number of amides is 1. The fourth-order valence-corrected chi connectivity index (χ4v) is 3.67. The molecule has 0 radical (unpaired) electrons. The van der Waals surface area contributed by atoms with Crippen molar-refractivity contribution in [2.45, 2.75) is 52.9 Å². The molecule has 0 aliphatic heterocycles. The third-order valence-corrected chi connectivity index (χ3v) is 5.36. The third-order valence-electron chi connectivity index (χ3n) is 5.36. The number of fused-ring (bicyclic) bond motifs is 1. The lowest BCUT2D eigenvalue weighted by Crippen LogP contribution is -2.28. The lowest BCUT2D eigenvalue weighted by atomic mass is 9.83. The summed E-state index contributed by atoms with van der Waals surface area (Å²) in [6.07, 6.45) is 0.922. The molecule has 2 aromatic carbocycles. The predicted molar refractivity (Wildman–Crippen MR) is 117 cm³/mol. The molecule has 1 heterocycles. The van der Waals surface area contributed by atoms with E-state index in [9.17, 15) is 9.59 Å². The smallest absolute Gasteiger partial charge is 0.272 e. The molecule has 0 aliphatic carbocycles. The Kier molecular flexibility index (Phi) is 5.87. The number of benzene rings is 2. The number of aromatic nitrogens is 2. The van der Waals surface area contributed by atoms with Crippen molar-refractivity contribution in [2.24, 2.45) is 0 Å². The number of H-pyrrole nitrogens is 1. The van der Waals surface area contributed by atoms with Gasteiger partial charge < -0.3 is 5.32 Å². The van der Waals surface area contributed by atoms with E-state index in [1.807, 2.05) is 12.1 Å². The van der Waals surface area contributed by atoms with Crippen molar-refractivity contribution < 1.29 is 4.79 Å². The predicted octanol–water partition coefficient (Wildman–Crippen LogP) is 3.74. The summed E-state index contributed by atoms with van der Waals surface area (Å²) in [5.41, 5.74) is 5.60. The Hall–Kier alpha value is -2.95. The second-order valence-electron chi connectivity index (χ2n) is 8.66. The van der Waals surface area contributed by atoms with Crippen LogP contribution in [0.2, 0.25) is 0 Å². The Labute approximate surface area is 171 Å². The molecule has 29 heavy (non-hydrogen) atoms. The molecule has 2 N–H and O–H groups in total. The highest BCUT2D eigenvalue weighted by molar-refractivity contribution is 5.88. The lowest BCUT2D eigenvalue weighted by molar-refractivity contribution is -0.120. The average molecular weight is 392 g/mol. The molecule has 3 aromatic rings. The van der Waals surface area contributed by atoms with Gasteiger partial charge in [-0.15, -0.1) is 0 Å². The van der Waals surface area contributed by atoms with Gasteiger partial charge in [0, 0.05) is 11.9 Å². The first-order chi connectivity index (χ1) is 13.7. The molecule has 1 aromatic heterocycles. The summed E-state index contributed by atoms with van der Waals surface area (Å²) >= 11 is 0. The number of hydrogen-bond donors (Lipinski definition) is 2. The molecule has 5 heteroatoms. The summed E-state index contributed by atoms with van der Waals surface area (Å²) in [6, 6.07) is 11.7. The van der Waals surface area contributed by atoms with Crippen molar-refractivity contribution in [3.8, 4) is 0 Å². The van der Waals surface area contributed by atoms with Crippen molar-refractivity contribution >= 4 is 16.7 Å². The number of nitrogens with zero attached hydrogens (tertiary/aromatic N) is 1. The van der Waals surface area contributed by atoms with Gasteiger partial charge in [-0.25, -0.2) is 5.10 Å². The molecular weight excluding hydrogens is 362 g/mol. The molecule has 0 saturated heterocycles. The summed E-state index contributed by atoms with van der Waals surface area (Å²) in [7, 11) is 0. The fraction of sp³-hybridized carbons (Fsp3) is 0.375. The first-order valence-corrected chi connectivity index (χ1v) is 10.0. The van der Waals surface area contributed by atoms with Crippen molar-refractivity contribution in [1.29, 1.82) is 0 Å². The molecular formula is C24H29N3O2. The van der Waals surface area contributed by atoms with Gasteiger partial charge in [-0.05, 0) is 54.0 Å². The van der Waals surface area contributed by atoms with Crippen molar-refractivity contribution in [2.75, 3.05) is 6.54 Å². The van der Waals surface area contributed by atoms with Crippen molar-refractivity contribution in [3.05, 3.63) is 74.7 Å². The van der Waals surface area contributed by atoms with Gasteiger partial charge in [0.1, 0.15) is 0 Å². The van der Waals surface area contributed by atoms with Gasteiger partial charge in [-0.1, -0.05) is 51.1 Å². The Morgan fingerprint density at radius 2 is 1.69 bits per heavy atom. The summed E-state index contributed by atoms with van der Waals surface area (Å²) in [5.74, 6) is -0.101. The maximum Gasteiger partial charge on any atom is 0.272 e. The number of nitrogens with one attached hydrogen (secondary N) is 2. The number of hydrogen-bond acceptors (Lipinski definition) is 3. The minimum Gasteiger partial charge on any atom is -0.355 e. The molecule has 152 valence electrons. The molecule has 5 nitrogen and oxygen atoms in total. The van der Waals surface area contributed by atoms with Crippen LogP contribution in [0.25, 0.3) is 10.8 Å². The highest BCUT2D eigenvalue weighted by atomic mass is 16.1. The zero-order chi connectivity index (χ0) is 21.2. The summed E-state index contributed by atoms with van der Waals surface area (Å²) in [4.78, 5) is 24.3. The number of rotatable bonds is 5. The highest BCUT2D eigenvalue weighted by Gasteiger charge is 2.16. The van der Waals surface area contributed by atoms with E-state index in [0.29, 0.717) is 17.6 Å². The summed E-state index contributed by atoms with van der Waals surface area (Å²) in [5, 5.41) is 10.8. The molecule has 0 unspecified atom stereocenters. The topological polar surface area (TPSA) is 74.8 Å². The zero-order valence-corrected chi connectivity index (χ0v) is 17.8. The van der Waals surface area contributed by atoms with Gasteiger partial charge in [-0.2, -0.15) is 5.10 Å². The van der Waals surface area contributed by atoms with Gasteiger partial charge in [0.05, 0.1) is 17.5 Å². The largest absolute Gasteiger partial charge is 0.355 e. The highest BCUT2D eigenvalue weighted by Crippen LogP contribution is 2.27. The van der Waals surface area contributed by atoms with Gasteiger partial charge >= 0.3 is 0 Å². The number of carbonyl (C=O) groups is 1. The van der Waals surface area contributed by atoms with Gasteiger partial charge in [0.25, 0.3) is 5.56 Å². The number of carbonyl (C=O) groups excluding carboxylic acids is 1. The number of aryl methyl sites for hydroxylation is 2. The van der Waals surface area contributed by atoms with Crippen LogP contribution >= 0.6 is 0 Å². The minimum absolute atomic E-state index is 0.101. The molecule has 0 fully saturated rings. The molecule has 0 aliphatic rings. The van der Waals surface area contributed by atoms with Crippen LogP contribution in [0.5, 0.6) is 0 Å². The second kappa shape index (κ2) is 8.19. The van der Waals surface area contributed by atoms with Crippen molar-refractivity contribution in [1.82, 2.24) is 15.5 Å². The van der Waals surface area contributed by atoms with Gasteiger partial charge in [-0.3, -0.25) is 9.59 Å². The quantitative estimate of drug-likeness (QED) is 0.696. The van der Waals surface area contributed by atoms with E-state index >= 15 is 0 Å². The summed E-state index contributed by atoms with van der Waals surface area (Å²) in [6.45, 7) is 11.5. The molecule has 0 bridgehead atoms. The van der Waals surface area contributed by atoms with Crippen LogP contribution in [0.1, 0.15) is 48.7 Å². The normalized spacial score (nSPS) is 11.6. The number of aromatic amines is 1. The van der Waals surface area contributed by atoms with E-state index in [0.717, 1.165) is 11.8 Å². The Morgan fingerprint density at radius 1 is 1.07 bits per heavy atom. The third kappa shape index (κ3) is 4.73. The minimum atomic E-state index is -0.241. The van der Waals surface area contributed by atoms with Crippen LogP contribution < -0.4 is 10.9 Å². The summed E-state index contributed by atoms with van der Waals surface area (Å²) < 4.78 is 0. The maximum atomic E-state index is 12.4. The van der Waals surface area contributed by atoms with E-state index < -0.39 is 0 Å². The monoisotopic (exact) mass is 391 g/mol. The SMILES string of the molecule is Cc1cc(C(C)(C)C)cc(C)c1CCNC(=O)Cc1n[nH]c(=O)c2ccccc12. The van der Waals surface area contributed by atoms with Crippen LogP contribution in [0.4, 0.5) is 0 Å². The lowest BCUT2D eigenvalue weighted by Gasteiger charge is -2.22. The van der Waals surface area contributed by atoms with E-state index in [1.54, 1.807) is 12.1 Å². The maximum absolute atomic E-state index is 12.4. The standard InChI is InChI=1S/C24H29N3O2/c1-15-12-17(24(3,4)5)13-16(2)18(15)10-11-25-22(28)14-21-19-8-6-7-9-20(19)23(29)27-26-21/h6-9,12-13H,10-11,14H2,1-5H3,(H,25,28)(H,27,29). The van der Waals surface area contributed by atoms with E-state index in [1.165, 1.54) is 22.3 Å². The molecule has 1 amide bonds. The zero-order valence-electron chi connectivity index (χ0n) is 17.8. The Balaban J connectivity index is 1.66.